The number of esters is 1. The summed E-state index contributed by atoms with van der Waals surface area (Å²) in [5.74, 6) is -0.510. The van der Waals surface area contributed by atoms with Crippen LogP contribution in [0, 0.1) is 0 Å². The number of aromatic nitrogens is 2. The maximum absolute atomic E-state index is 12.9. The third-order valence-corrected chi connectivity index (χ3v) is 6.89. The van der Waals surface area contributed by atoms with Gasteiger partial charge in [-0.05, 0) is 53.9 Å². The van der Waals surface area contributed by atoms with Crippen molar-refractivity contribution in [1.82, 2.24) is 15.5 Å². The molecule has 1 aliphatic rings. The average molecular weight is 601 g/mol. The number of nitrogens with one attached hydrogen (secondary N) is 2. The van der Waals surface area contributed by atoms with Crippen molar-refractivity contribution in [2.45, 2.75) is 44.9 Å². The Labute approximate surface area is 252 Å². The highest BCUT2D eigenvalue weighted by molar-refractivity contribution is 5.90. The van der Waals surface area contributed by atoms with Gasteiger partial charge in [-0.15, -0.1) is 0 Å². The smallest absolute Gasteiger partial charge is 0.439 e. The van der Waals surface area contributed by atoms with Gasteiger partial charge in [-0.1, -0.05) is 54.5 Å². The molecule has 2 unspecified atom stereocenters. The number of H-pyrrole nitrogens is 1. The molecule has 2 atom stereocenters. The third-order valence-electron chi connectivity index (χ3n) is 6.89. The van der Waals surface area contributed by atoms with Crippen LogP contribution in [0.1, 0.15) is 30.9 Å². The number of benzene rings is 3. The first kappa shape index (κ1) is 30.1. The predicted octanol–water partition coefficient (Wildman–Crippen LogP) is 4.00. The van der Waals surface area contributed by atoms with Crippen molar-refractivity contribution in [1.29, 1.82) is 0 Å². The number of amides is 2. The molecule has 1 saturated heterocycles. The molecule has 4 aromatic rings. The Kier molecular flexibility index (Phi) is 9.70. The summed E-state index contributed by atoms with van der Waals surface area (Å²) in [5, 5.41) is 6.45. The number of cyclic esters (lactones) is 1. The molecule has 44 heavy (non-hydrogen) atoms. The fourth-order valence-electron chi connectivity index (χ4n) is 4.64. The fourth-order valence-corrected chi connectivity index (χ4v) is 4.64. The number of carbonyl (C=O) groups excluding carboxylic acids is 3. The zero-order valence-corrected chi connectivity index (χ0v) is 24.1. The van der Waals surface area contributed by atoms with Crippen LogP contribution in [0.2, 0.25) is 0 Å². The van der Waals surface area contributed by atoms with E-state index in [1.807, 2.05) is 49.4 Å². The van der Waals surface area contributed by atoms with Crippen LogP contribution in [-0.2, 0) is 32.1 Å². The van der Waals surface area contributed by atoms with Crippen LogP contribution >= 0.6 is 0 Å². The Morgan fingerprint density at radius 2 is 1.77 bits per heavy atom. The molecule has 0 saturated carbocycles. The first-order valence-electron chi connectivity index (χ1n) is 14.2. The number of hydrogen-bond donors (Lipinski definition) is 2. The van der Waals surface area contributed by atoms with Crippen molar-refractivity contribution < 1.29 is 33.1 Å². The molecule has 5 rings (SSSR count). The van der Waals surface area contributed by atoms with Crippen molar-refractivity contribution in [3.8, 4) is 17.1 Å². The summed E-state index contributed by atoms with van der Waals surface area (Å²) >= 11 is 0. The van der Waals surface area contributed by atoms with Crippen molar-refractivity contribution >= 4 is 23.7 Å². The van der Waals surface area contributed by atoms with Gasteiger partial charge in [-0.3, -0.25) is 19.2 Å². The number of carbonyl (C=O) groups is 3. The first-order chi connectivity index (χ1) is 21.4. The van der Waals surface area contributed by atoms with Gasteiger partial charge < -0.3 is 19.5 Å². The Bertz CT molecular complexity index is 1620. The Balaban J connectivity index is 1.14. The topological polar surface area (TPSA) is 153 Å². The lowest BCUT2D eigenvalue weighted by Crippen LogP contribution is -2.43. The molecule has 228 valence electrons. The molecule has 1 aromatic heterocycles. The Morgan fingerprint density at radius 1 is 1.02 bits per heavy atom. The molecule has 2 amide bonds. The second-order valence-corrected chi connectivity index (χ2v) is 10.2. The van der Waals surface area contributed by atoms with Crippen molar-refractivity contribution in [3.63, 3.8) is 0 Å². The van der Waals surface area contributed by atoms with Gasteiger partial charge in [-0.25, -0.2) is 14.4 Å². The van der Waals surface area contributed by atoms with E-state index in [0.717, 1.165) is 11.1 Å². The fraction of sp³-hybridized carbons (Fsp3) is 0.281. The molecule has 3 aromatic carbocycles. The lowest BCUT2D eigenvalue weighted by molar-refractivity contribution is -0.149. The Morgan fingerprint density at radius 3 is 2.45 bits per heavy atom. The molecule has 12 nitrogen and oxygen atoms in total. The van der Waals surface area contributed by atoms with E-state index in [1.54, 1.807) is 36.4 Å². The summed E-state index contributed by atoms with van der Waals surface area (Å²) in [4.78, 5) is 52.9. The molecule has 2 heterocycles. The summed E-state index contributed by atoms with van der Waals surface area (Å²) < 4.78 is 21.4. The summed E-state index contributed by atoms with van der Waals surface area (Å²) in [6.45, 7) is 2.45. The van der Waals surface area contributed by atoms with E-state index in [1.165, 1.54) is 4.90 Å². The monoisotopic (exact) mass is 600 g/mol. The van der Waals surface area contributed by atoms with Gasteiger partial charge in [0.25, 0.3) is 0 Å². The van der Waals surface area contributed by atoms with E-state index in [9.17, 15) is 19.2 Å². The van der Waals surface area contributed by atoms with Gasteiger partial charge >= 0.3 is 17.8 Å². The van der Waals surface area contributed by atoms with E-state index in [-0.39, 0.29) is 25.5 Å². The summed E-state index contributed by atoms with van der Waals surface area (Å²) in [7, 11) is 0. The predicted molar refractivity (Wildman–Crippen MR) is 159 cm³/mol. The first-order valence-corrected chi connectivity index (χ1v) is 14.2. The zero-order valence-electron chi connectivity index (χ0n) is 24.1. The Hall–Kier alpha value is -5.39. The average Bonchev–Trinajstić information content (AvgIpc) is 3.64. The minimum Gasteiger partial charge on any atom is -0.490 e. The van der Waals surface area contributed by atoms with Gasteiger partial charge in [0.1, 0.15) is 25.0 Å². The van der Waals surface area contributed by atoms with E-state index >= 15 is 0 Å². The highest BCUT2D eigenvalue weighted by atomic mass is 16.6. The van der Waals surface area contributed by atoms with E-state index in [0.29, 0.717) is 42.2 Å². The lowest BCUT2D eigenvalue weighted by Gasteiger charge is -2.18. The quantitative estimate of drug-likeness (QED) is 0.217. The van der Waals surface area contributed by atoms with Crippen molar-refractivity contribution in [2.24, 2.45) is 0 Å². The maximum atomic E-state index is 12.9. The second kappa shape index (κ2) is 14.2. The van der Waals surface area contributed by atoms with Crippen LogP contribution in [0.4, 0.5) is 10.5 Å². The minimum absolute atomic E-state index is 0.117. The molecular formula is C32H32N4O8. The van der Waals surface area contributed by atoms with Gasteiger partial charge in [0.05, 0.1) is 6.54 Å². The molecule has 0 bridgehead atoms. The van der Waals surface area contributed by atoms with Crippen molar-refractivity contribution in [2.75, 3.05) is 18.1 Å². The summed E-state index contributed by atoms with van der Waals surface area (Å²) in [6.07, 6.45) is 0.244. The van der Waals surface area contributed by atoms with Crippen molar-refractivity contribution in [3.05, 3.63) is 101 Å². The highest BCUT2D eigenvalue weighted by Gasteiger charge is 2.33. The number of rotatable bonds is 13. The van der Waals surface area contributed by atoms with Gasteiger partial charge in [0, 0.05) is 24.1 Å². The number of hydrogen-bond acceptors (Lipinski definition) is 9. The van der Waals surface area contributed by atoms with Gasteiger partial charge in [-0.2, -0.15) is 0 Å². The third kappa shape index (κ3) is 7.91. The van der Waals surface area contributed by atoms with Crippen LogP contribution in [-0.4, -0.2) is 53.4 Å². The van der Waals surface area contributed by atoms with E-state index < -0.39 is 30.0 Å². The molecule has 0 radical (unpaired) electrons. The van der Waals surface area contributed by atoms with Crippen LogP contribution in [0.25, 0.3) is 11.4 Å². The SMILES string of the molecule is CCCC(=O)NC(Cc1ccc(OCC2CN(c3ccc(-c4noc(=O)[nH]4)cc3)C(=O)O2)cc1)C(=O)OCc1ccccc1. The molecule has 1 fully saturated rings. The normalized spacial score (nSPS) is 15.0. The van der Waals surface area contributed by atoms with Gasteiger partial charge in [0.15, 0.2) is 11.9 Å². The molecule has 1 aliphatic heterocycles. The number of ether oxygens (including phenoxy) is 3. The largest absolute Gasteiger partial charge is 0.490 e. The van der Waals surface area contributed by atoms with Crippen LogP contribution < -0.4 is 20.7 Å². The maximum Gasteiger partial charge on any atom is 0.439 e. The highest BCUT2D eigenvalue weighted by Crippen LogP contribution is 2.25. The molecule has 2 N–H and O–H groups in total. The van der Waals surface area contributed by atoms with Crippen LogP contribution in [0.5, 0.6) is 5.75 Å². The molecule has 0 aliphatic carbocycles. The standard InChI is InChI=1S/C32H32N4O8/c1-2-6-28(37)33-27(30(38)42-19-22-7-4-3-5-8-22)17-21-9-15-25(16-10-21)41-20-26-18-36(32(40)43-26)24-13-11-23(12-14-24)29-34-31(39)44-35-29/h3-5,7-16,26-27H,2,6,17-20H2,1H3,(H,33,37)(H,34,35,39). The number of anilines is 1. The van der Waals surface area contributed by atoms with E-state index in [2.05, 4.69) is 20.0 Å². The molecule has 12 heteroatoms. The van der Waals surface area contributed by atoms with Crippen LogP contribution in [0.15, 0.2) is 88.2 Å². The van der Waals surface area contributed by atoms with Crippen LogP contribution in [0.3, 0.4) is 0 Å². The number of nitrogens with zero attached hydrogens (tertiary/aromatic N) is 2. The lowest BCUT2D eigenvalue weighted by atomic mass is 10.1. The zero-order chi connectivity index (χ0) is 30.9. The molecular weight excluding hydrogens is 568 g/mol. The van der Waals surface area contributed by atoms with E-state index in [4.69, 9.17) is 14.2 Å². The minimum atomic E-state index is -0.833. The second-order valence-electron chi connectivity index (χ2n) is 10.2. The summed E-state index contributed by atoms with van der Waals surface area (Å²) in [6, 6.07) is 22.5. The molecule has 0 spiro atoms. The van der Waals surface area contributed by atoms with Gasteiger partial charge in [0.2, 0.25) is 5.91 Å². The summed E-state index contributed by atoms with van der Waals surface area (Å²) in [5.41, 5.74) is 2.93. The number of aromatic amines is 1.